The van der Waals surface area contributed by atoms with Crippen molar-refractivity contribution in [1.29, 1.82) is 0 Å². The molecular weight excluding hydrogens is 354 g/mol. The Bertz CT molecular complexity index is 846. The van der Waals surface area contributed by atoms with Gasteiger partial charge in [-0.2, -0.15) is 0 Å². The molecular formula is C22H31N3OS. The first-order valence-electron chi connectivity index (χ1n) is 9.25. The molecule has 0 saturated heterocycles. The van der Waals surface area contributed by atoms with E-state index in [-0.39, 0.29) is 16.6 Å². The number of aromatic hydroxyl groups is 1. The van der Waals surface area contributed by atoms with Crippen molar-refractivity contribution >= 4 is 28.8 Å². The molecule has 0 amide bonds. The highest BCUT2D eigenvalue weighted by Crippen LogP contribution is 2.42. The summed E-state index contributed by atoms with van der Waals surface area (Å²) in [4.78, 5) is 1.10. The molecule has 27 heavy (non-hydrogen) atoms. The summed E-state index contributed by atoms with van der Waals surface area (Å²) in [6, 6.07) is 9.74. The maximum atomic E-state index is 10.8. The first kappa shape index (κ1) is 21.3. The van der Waals surface area contributed by atoms with Crippen molar-refractivity contribution in [2.24, 2.45) is 10.2 Å². The van der Waals surface area contributed by atoms with E-state index in [0.717, 1.165) is 21.8 Å². The van der Waals surface area contributed by atoms with Crippen LogP contribution in [0.5, 0.6) is 5.75 Å². The van der Waals surface area contributed by atoms with E-state index in [1.807, 2.05) is 24.3 Å². The molecule has 0 radical (unpaired) electrons. The van der Waals surface area contributed by atoms with E-state index in [0.29, 0.717) is 17.1 Å². The summed E-state index contributed by atoms with van der Waals surface area (Å²) in [5.41, 5.74) is 9.44. The quantitative estimate of drug-likeness (QED) is 0.335. The number of hydrogen-bond donors (Lipinski definition) is 2. The summed E-state index contributed by atoms with van der Waals surface area (Å²) < 4.78 is 0. The van der Waals surface area contributed by atoms with E-state index in [1.54, 1.807) is 11.8 Å². The lowest BCUT2D eigenvalue weighted by Crippen LogP contribution is -2.16. The lowest BCUT2D eigenvalue weighted by Gasteiger charge is -2.26. The minimum absolute atomic E-state index is 0.0608. The van der Waals surface area contributed by atoms with Gasteiger partial charge in [0.25, 0.3) is 0 Å². The Morgan fingerprint density at radius 2 is 1.56 bits per heavy atom. The third-order valence-corrected chi connectivity index (χ3v) is 5.22. The van der Waals surface area contributed by atoms with Gasteiger partial charge in [0.1, 0.15) is 17.1 Å². The van der Waals surface area contributed by atoms with Crippen molar-refractivity contribution in [3.63, 3.8) is 0 Å². The number of benzene rings is 2. The maximum Gasteiger partial charge on any atom is 0.146 e. The molecule has 0 spiro atoms. The second-order valence-corrected chi connectivity index (χ2v) is 10.1. The van der Waals surface area contributed by atoms with Crippen LogP contribution in [0, 0.1) is 0 Å². The number of anilines is 1. The predicted octanol–water partition coefficient (Wildman–Crippen LogP) is 7.10. The molecule has 0 fully saturated rings. The van der Waals surface area contributed by atoms with E-state index in [4.69, 9.17) is 5.73 Å². The Labute approximate surface area is 167 Å². The van der Waals surface area contributed by atoms with Gasteiger partial charge in [-0.25, -0.2) is 0 Å². The van der Waals surface area contributed by atoms with Crippen molar-refractivity contribution in [1.82, 2.24) is 0 Å². The molecule has 2 aromatic rings. The molecule has 2 aromatic carbocycles. The predicted molar refractivity (Wildman–Crippen MR) is 117 cm³/mol. The monoisotopic (exact) mass is 385 g/mol. The average Bonchev–Trinajstić information content (AvgIpc) is 2.54. The van der Waals surface area contributed by atoms with Gasteiger partial charge in [-0.3, -0.25) is 0 Å². The van der Waals surface area contributed by atoms with E-state index in [9.17, 15) is 5.11 Å². The van der Waals surface area contributed by atoms with Crippen molar-refractivity contribution in [3.05, 3.63) is 41.5 Å². The first-order chi connectivity index (χ1) is 12.4. The number of azo groups is 1. The lowest BCUT2D eigenvalue weighted by atomic mass is 9.80. The number of hydrogen-bond acceptors (Lipinski definition) is 5. The van der Waals surface area contributed by atoms with Crippen LogP contribution in [0.1, 0.15) is 59.6 Å². The molecule has 0 saturated carbocycles. The summed E-state index contributed by atoms with van der Waals surface area (Å²) in [6.45, 7) is 14.8. The normalized spacial score (nSPS) is 12.7. The van der Waals surface area contributed by atoms with Gasteiger partial charge in [0.2, 0.25) is 0 Å². The fourth-order valence-electron chi connectivity index (χ4n) is 2.67. The zero-order valence-electron chi connectivity index (χ0n) is 17.4. The molecule has 3 N–H and O–H groups in total. The average molecular weight is 386 g/mol. The molecule has 5 heteroatoms. The van der Waals surface area contributed by atoms with Crippen molar-refractivity contribution in [2.75, 3.05) is 11.5 Å². The number of thioether (sulfide) groups is 1. The smallest absolute Gasteiger partial charge is 0.146 e. The Kier molecular flexibility index (Phi) is 6.25. The van der Waals surface area contributed by atoms with Gasteiger partial charge in [0.15, 0.2) is 0 Å². The Morgan fingerprint density at radius 1 is 0.926 bits per heavy atom. The van der Waals surface area contributed by atoms with E-state index in [2.05, 4.69) is 64.8 Å². The molecule has 2 rings (SSSR count). The van der Waals surface area contributed by atoms with Gasteiger partial charge in [-0.05, 0) is 46.4 Å². The molecule has 0 aliphatic rings. The molecule has 0 aromatic heterocycles. The Morgan fingerprint density at radius 3 is 2.11 bits per heavy atom. The van der Waals surface area contributed by atoms with Crippen molar-refractivity contribution in [2.45, 2.75) is 64.2 Å². The van der Waals surface area contributed by atoms with Crippen molar-refractivity contribution < 1.29 is 5.11 Å². The summed E-state index contributed by atoms with van der Waals surface area (Å²) in [5.74, 6) is 1.15. The maximum absolute atomic E-state index is 10.8. The van der Waals surface area contributed by atoms with Crippen LogP contribution < -0.4 is 5.73 Å². The number of phenolic OH excluding ortho intramolecular Hbond substituents is 1. The molecule has 0 unspecified atom stereocenters. The first-order valence-corrected chi connectivity index (χ1v) is 10.2. The highest BCUT2D eigenvalue weighted by Gasteiger charge is 2.25. The Hall–Kier alpha value is -2.01. The van der Waals surface area contributed by atoms with Crippen LogP contribution in [-0.4, -0.2) is 10.9 Å². The third kappa shape index (κ3) is 5.25. The number of rotatable bonds is 4. The van der Waals surface area contributed by atoms with E-state index < -0.39 is 0 Å². The molecule has 146 valence electrons. The summed E-state index contributed by atoms with van der Waals surface area (Å²) in [6.07, 6.45) is 0. The van der Waals surface area contributed by atoms with Crippen LogP contribution in [0.3, 0.4) is 0 Å². The number of phenols is 1. The van der Waals surface area contributed by atoms with E-state index >= 15 is 0 Å². The fraction of sp³-hybridized carbons (Fsp3) is 0.455. The molecule has 0 aliphatic carbocycles. The van der Waals surface area contributed by atoms with Crippen LogP contribution in [0.2, 0.25) is 0 Å². The van der Waals surface area contributed by atoms with Crippen LogP contribution >= 0.6 is 11.8 Å². The van der Waals surface area contributed by atoms with Gasteiger partial charge >= 0.3 is 0 Å². The fourth-order valence-corrected chi connectivity index (χ4v) is 3.37. The van der Waals surface area contributed by atoms with Crippen LogP contribution in [0.25, 0.3) is 0 Å². The second kappa shape index (κ2) is 7.93. The van der Waals surface area contributed by atoms with Gasteiger partial charge in [-0.15, -0.1) is 22.0 Å². The zero-order valence-corrected chi connectivity index (χ0v) is 18.2. The van der Waals surface area contributed by atoms with Gasteiger partial charge in [0.05, 0.1) is 5.69 Å². The molecule has 0 atom stereocenters. The lowest BCUT2D eigenvalue weighted by molar-refractivity contribution is 0.446. The SMILES string of the molecule is CCSc1ccc(N)c(N=Nc2cc(C(C)(C)C)cc(C(C)(C)C)c2O)c1. The van der Waals surface area contributed by atoms with Gasteiger partial charge in [0, 0.05) is 10.5 Å². The number of nitrogens with zero attached hydrogens (tertiary/aromatic N) is 2. The molecule has 0 aliphatic heterocycles. The third-order valence-electron chi connectivity index (χ3n) is 4.34. The van der Waals surface area contributed by atoms with Crippen LogP contribution in [0.4, 0.5) is 17.1 Å². The number of nitrogens with two attached hydrogens (primary N) is 1. The topological polar surface area (TPSA) is 71.0 Å². The van der Waals surface area contributed by atoms with Gasteiger partial charge < -0.3 is 10.8 Å². The largest absolute Gasteiger partial charge is 0.505 e. The van der Waals surface area contributed by atoms with E-state index in [1.165, 1.54) is 0 Å². The standard InChI is InChI=1S/C22H31N3OS/c1-8-27-15-9-10-17(23)18(13-15)24-25-19-12-14(21(2,3)4)11-16(20(19)26)22(5,6)7/h9-13,26H,8,23H2,1-7H3. The zero-order chi connectivity index (χ0) is 20.4. The van der Waals surface area contributed by atoms with Crippen molar-refractivity contribution in [3.8, 4) is 5.75 Å². The molecule has 0 heterocycles. The highest BCUT2D eigenvalue weighted by molar-refractivity contribution is 7.99. The number of nitrogen functional groups attached to an aromatic ring is 1. The van der Waals surface area contributed by atoms with Crippen LogP contribution in [-0.2, 0) is 10.8 Å². The minimum Gasteiger partial charge on any atom is -0.505 e. The second-order valence-electron chi connectivity index (χ2n) is 8.75. The molecule has 0 bridgehead atoms. The summed E-state index contributed by atoms with van der Waals surface area (Å²) >= 11 is 1.73. The summed E-state index contributed by atoms with van der Waals surface area (Å²) in [7, 11) is 0. The molecule has 4 nitrogen and oxygen atoms in total. The minimum atomic E-state index is -0.202. The summed E-state index contributed by atoms with van der Waals surface area (Å²) in [5, 5.41) is 19.5. The highest BCUT2D eigenvalue weighted by atomic mass is 32.2. The van der Waals surface area contributed by atoms with Gasteiger partial charge in [-0.1, -0.05) is 54.5 Å². The Balaban J connectivity index is 2.55. The van der Waals surface area contributed by atoms with Crippen LogP contribution in [0.15, 0.2) is 45.5 Å².